The van der Waals surface area contributed by atoms with Crippen LogP contribution in [0, 0.1) is 0 Å². The molecule has 0 aliphatic rings. The summed E-state index contributed by atoms with van der Waals surface area (Å²) in [6.07, 6.45) is 0. The van der Waals surface area contributed by atoms with Crippen molar-refractivity contribution in [3.05, 3.63) is 51.6 Å². The molecule has 0 amide bonds. The highest BCUT2D eigenvalue weighted by molar-refractivity contribution is 5.99. The number of ether oxygens (including phenoxy) is 2. The van der Waals surface area contributed by atoms with E-state index in [9.17, 15) is 9.59 Å². The molecule has 11 nitrogen and oxygen atoms in total. The van der Waals surface area contributed by atoms with Crippen LogP contribution in [0.3, 0.4) is 0 Å². The number of rotatable bonds is 13. The molecule has 4 N–H and O–H groups in total. The Balaban J connectivity index is 2.11. The summed E-state index contributed by atoms with van der Waals surface area (Å²) in [6, 6.07) is 7.52. The molecule has 2 rings (SSSR count). The van der Waals surface area contributed by atoms with Crippen molar-refractivity contribution in [2.75, 3.05) is 40.6 Å². The van der Waals surface area contributed by atoms with Gasteiger partial charge in [0.1, 0.15) is 18.3 Å². The van der Waals surface area contributed by atoms with E-state index in [2.05, 4.69) is 21.7 Å². The lowest BCUT2D eigenvalue weighted by Gasteiger charge is -2.14. The first-order chi connectivity index (χ1) is 14.8. The number of carboxylic acids is 1. The van der Waals surface area contributed by atoms with Gasteiger partial charge in [-0.1, -0.05) is 24.3 Å². The van der Waals surface area contributed by atoms with Crippen LogP contribution in [-0.2, 0) is 27.4 Å². The monoisotopic (exact) mass is 432 g/mol. The number of aromatic amines is 1. The number of aliphatic carboxylic acids is 1. The smallest absolute Gasteiger partial charge is 0.328 e. The number of methoxy groups -OCH3 is 1. The Bertz CT molecular complexity index is 963. The summed E-state index contributed by atoms with van der Waals surface area (Å²) in [5, 5.41) is 8.85. The first-order valence-electron chi connectivity index (χ1n) is 9.50. The number of carboxylic acid groups (broad SMARTS) is 1. The maximum atomic E-state index is 12.5. The number of carbonyl (C=O) groups is 1. The lowest BCUT2D eigenvalue weighted by atomic mass is 10.1. The zero-order valence-electron chi connectivity index (χ0n) is 17.7. The van der Waals surface area contributed by atoms with E-state index < -0.39 is 5.97 Å². The number of nitrogens with two attached hydrogens (primary N) is 1. The normalized spacial score (nSPS) is 11.8. The summed E-state index contributed by atoms with van der Waals surface area (Å²) in [6.45, 7) is 5.09. The average Bonchev–Trinajstić information content (AvgIpc) is 3.04. The number of imidazole rings is 1. The third-order valence-corrected chi connectivity index (χ3v) is 4.34. The molecule has 0 aliphatic heterocycles. The van der Waals surface area contributed by atoms with Gasteiger partial charge >= 0.3 is 11.7 Å². The SMILES string of the molecule is C=Nc1c(/C(N)=N\COCCOC)[nH]c(=O)n1Cc1ccc(CN(C)CC(=O)O)cc1. The molecule has 0 aliphatic carbocycles. The Hall–Kier alpha value is -3.28. The molecule has 31 heavy (non-hydrogen) atoms. The van der Waals surface area contributed by atoms with Gasteiger partial charge in [0.2, 0.25) is 0 Å². The van der Waals surface area contributed by atoms with Crippen LogP contribution in [0.25, 0.3) is 0 Å². The summed E-state index contributed by atoms with van der Waals surface area (Å²) in [7, 11) is 3.31. The standard InChI is InChI=1S/C20H28N6O5/c1-22-19-17(18(21)23-13-31-9-8-30-3)24-20(29)26(19)11-15-6-4-14(5-7-15)10-25(2)12-16(27)28/h4-7H,1,8-13H2,2-3H3,(H2,21,23)(H,24,29)(H,27,28). The topological polar surface area (TPSA) is 148 Å². The molecule has 0 unspecified atom stereocenters. The fourth-order valence-electron chi connectivity index (χ4n) is 2.88. The second-order valence-electron chi connectivity index (χ2n) is 6.83. The molecular weight excluding hydrogens is 404 g/mol. The quantitative estimate of drug-likeness (QED) is 0.236. The minimum absolute atomic E-state index is 0.0246. The summed E-state index contributed by atoms with van der Waals surface area (Å²) in [5.41, 5.74) is 7.70. The maximum absolute atomic E-state index is 12.5. The van der Waals surface area contributed by atoms with Gasteiger partial charge < -0.3 is 25.3 Å². The Morgan fingerprint density at radius 3 is 2.58 bits per heavy atom. The molecule has 168 valence electrons. The number of aromatic nitrogens is 2. The fourth-order valence-corrected chi connectivity index (χ4v) is 2.88. The van der Waals surface area contributed by atoms with E-state index in [4.69, 9.17) is 20.3 Å². The van der Waals surface area contributed by atoms with Crippen LogP contribution in [0.1, 0.15) is 16.8 Å². The Morgan fingerprint density at radius 2 is 1.97 bits per heavy atom. The van der Waals surface area contributed by atoms with Crippen molar-refractivity contribution in [1.29, 1.82) is 0 Å². The van der Waals surface area contributed by atoms with Gasteiger partial charge in [0.15, 0.2) is 5.82 Å². The lowest BCUT2D eigenvalue weighted by Crippen LogP contribution is -2.25. The van der Waals surface area contributed by atoms with Crippen molar-refractivity contribution in [1.82, 2.24) is 14.5 Å². The maximum Gasteiger partial charge on any atom is 0.328 e. The van der Waals surface area contributed by atoms with Gasteiger partial charge in [0, 0.05) is 13.7 Å². The van der Waals surface area contributed by atoms with Gasteiger partial charge in [-0.2, -0.15) is 0 Å². The molecule has 0 atom stereocenters. The van der Waals surface area contributed by atoms with Crippen LogP contribution in [0.4, 0.5) is 5.82 Å². The third kappa shape index (κ3) is 7.17. The Labute approximate surface area is 179 Å². The van der Waals surface area contributed by atoms with Gasteiger partial charge in [-0.3, -0.25) is 14.3 Å². The van der Waals surface area contributed by atoms with E-state index in [0.29, 0.717) is 19.8 Å². The molecule has 0 fully saturated rings. The Morgan fingerprint density at radius 1 is 1.29 bits per heavy atom. The van der Waals surface area contributed by atoms with E-state index in [1.807, 2.05) is 24.3 Å². The minimum Gasteiger partial charge on any atom is -0.480 e. The first kappa shape index (κ1) is 24.0. The number of nitrogens with zero attached hydrogens (tertiary/aromatic N) is 4. The van der Waals surface area contributed by atoms with Crippen molar-refractivity contribution in [3.63, 3.8) is 0 Å². The van der Waals surface area contributed by atoms with E-state index in [1.54, 1.807) is 19.1 Å². The number of benzene rings is 1. The average molecular weight is 432 g/mol. The molecule has 0 spiro atoms. The predicted molar refractivity (Wildman–Crippen MR) is 117 cm³/mol. The minimum atomic E-state index is -0.879. The van der Waals surface area contributed by atoms with Crippen LogP contribution in [-0.4, -0.2) is 78.7 Å². The van der Waals surface area contributed by atoms with Gasteiger partial charge in [-0.05, 0) is 24.9 Å². The highest BCUT2D eigenvalue weighted by atomic mass is 16.5. The molecule has 0 saturated heterocycles. The number of aliphatic imine (C=N–C) groups is 2. The number of likely N-dealkylation sites (N-methyl/N-ethyl adjacent to an activating group) is 1. The molecule has 1 aromatic carbocycles. The molecule has 0 saturated carbocycles. The van der Waals surface area contributed by atoms with Gasteiger partial charge in [0.25, 0.3) is 0 Å². The molecule has 11 heteroatoms. The molecule has 2 aromatic rings. The molecular formula is C20H28N6O5. The van der Waals surface area contributed by atoms with Crippen molar-refractivity contribution in [3.8, 4) is 0 Å². The van der Waals surface area contributed by atoms with E-state index in [-0.39, 0.29) is 42.9 Å². The number of hydrogen-bond donors (Lipinski definition) is 3. The highest BCUT2D eigenvalue weighted by Gasteiger charge is 2.16. The Kier molecular flexibility index (Phi) is 9.13. The summed E-state index contributed by atoms with van der Waals surface area (Å²) in [4.78, 5) is 35.6. The molecule has 0 radical (unpaired) electrons. The summed E-state index contributed by atoms with van der Waals surface area (Å²) >= 11 is 0. The second kappa shape index (κ2) is 11.8. The van der Waals surface area contributed by atoms with Crippen molar-refractivity contribution in [2.24, 2.45) is 15.7 Å². The van der Waals surface area contributed by atoms with Crippen LogP contribution in [0.5, 0.6) is 0 Å². The lowest BCUT2D eigenvalue weighted by molar-refractivity contribution is -0.138. The van der Waals surface area contributed by atoms with E-state index in [0.717, 1.165) is 11.1 Å². The molecule has 0 bridgehead atoms. The van der Waals surface area contributed by atoms with E-state index >= 15 is 0 Å². The largest absolute Gasteiger partial charge is 0.480 e. The van der Waals surface area contributed by atoms with Crippen LogP contribution in [0.15, 0.2) is 39.0 Å². The predicted octanol–water partition coefficient (Wildman–Crippen LogP) is 0.399. The van der Waals surface area contributed by atoms with Crippen LogP contribution < -0.4 is 11.4 Å². The van der Waals surface area contributed by atoms with Gasteiger partial charge in [0.05, 0.1) is 26.3 Å². The van der Waals surface area contributed by atoms with Crippen LogP contribution >= 0.6 is 0 Å². The van der Waals surface area contributed by atoms with Crippen LogP contribution in [0.2, 0.25) is 0 Å². The summed E-state index contributed by atoms with van der Waals surface area (Å²) in [5.74, 6) is -0.503. The number of amidine groups is 1. The van der Waals surface area contributed by atoms with Gasteiger partial charge in [-0.15, -0.1) is 0 Å². The van der Waals surface area contributed by atoms with Crippen molar-refractivity contribution < 1.29 is 19.4 Å². The third-order valence-electron chi connectivity index (χ3n) is 4.34. The number of hydrogen-bond acceptors (Lipinski definition) is 7. The molecule has 1 heterocycles. The zero-order valence-corrected chi connectivity index (χ0v) is 17.7. The fraction of sp³-hybridized carbons (Fsp3) is 0.400. The second-order valence-corrected chi connectivity index (χ2v) is 6.83. The van der Waals surface area contributed by atoms with E-state index in [1.165, 1.54) is 4.57 Å². The summed E-state index contributed by atoms with van der Waals surface area (Å²) < 4.78 is 11.6. The number of H-pyrrole nitrogens is 1. The van der Waals surface area contributed by atoms with Crippen molar-refractivity contribution in [2.45, 2.75) is 13.1 Å². The zero-order chi connectivity index (χ0) is 22.8. The first-order valence-corrected chi connectivity index (χ1v) is 9.50. The molecule has 1 aromatic heterocycles. The van der Waals surface area contributed by atoms with Crippen molar-refractivity contribution >= 4 is 24.3 Å². The highest BCUT2D eigenvalue weighted by Crippen LogP contribution is 2.17. The number of nitrogens with one attached hydrogen (secondary N) is 1. The van der Waals surface area contributed by atoms with Gasteiger partial charge in [-0.25, -0.2) is 14.8 Å².